The van der Waals surface area contributed by atoms with Crippen LogP contribution in [-0.4, -0.2) is 12.2 Å². The van der Waals surface area contributed by atoms with Crippen LogP contribution >= 0.6 is 0 Å². The van der Waals surface area contributed by atoms with Gasteiger partial charge < -0.3 is 4.74 Å². The second-order valence-corrected chi connectivity index (χ2v) is 11.5. The summed E-state index contributed by atoms with van der Waals surface area (Å²) in [7, 11) is 0. The third-order valence-electron chi connectivity index (χ3n) is 8.54. The number of carbonyl (C=O) groups excluding carboxylic acids is 1. The van der Waals surface area contributed by atoms with Crippen molar-refractivity contribution in [3.05, 3.63) is 54.1 Å². The van der Waals surface area contributed by atoms with Gasteiger partial charge in [-0.15, -0.1) is 0 Å². The number of carbonyl (C=O) groups is 1. The Bertz CT molecular complexity index is 840. The summed E-state index contributed by atoms with van der Waals surface area (Å²) in [6.45, 7) is 16.3. The molecule has 0 radical (unpaired) electrons. The van der Waals surface area contributed by atoms with Crippen molar-refractivity contribution in [2.24, 2.45) is 22.7 Å². The molecule has 0 spiro atoms. The van der Waals surface area contributed by atoms with Crippen molar-refractivity contribution in [1.29, 1.82) is 0 Å². The first kappa shape index (κ1) is 25.6. The minimum absolute atomic E-state index is 0.111. The summed E-state index contributed by atoms with van der Waals surface area (Å²) in [5.41, 5.74) is 4.56. The fourth-order valence-electron chi connectivity index (χ4n) is 6.76. The predicted molar refractivity (Wildman–Crippen MR) is 139 cm³/mol. The van der Waals surface area contributed by atoms with E-state index in [1.165, 1.54) is 49.7 Å². The summed E-state index contributed by atoms with van der Waals surface area (Å²) in [4.78, 5) is 12.1. The largest absolute Gasteiger partial charge is 0.446 e. The van der Waals surface area contributed by atoms with Crippen LogP contribution < -0.4 is 5.32 Å². The molecule has 2 fully saturated rings. The maximum Gasteiger partial charge on any atom is 0.411 e. The molecule has 33 heavy (non-hydrogen) atoms. The average Bonchev–Trinajstić information content (AvgIpc) is 2.73. The molecule has 0 aliphatic heterocycles. The van der Waals surface area contributed by atoms with Crippen LogP contribution in [0, 0.1) is 22.7 Å². The average molecular weight is 452 g/mol. The highest BCUT2D eigenvalue weighted by Crippen LogP contribution is 2.61. The summed E-state index contributed by atoms with van der Waals surface area (Å²) >= 11 is 0. The van der Waals surface area contributed by atoms with Crippen molar-refractivity contribution in [3.63, 3.8) is 0 Å². The van der Waals surface area contributed by atoms with Crippen molar-refractivity contribution < 1.29 is 9.53 Å². The number of fused-ring (bicyclic) bond motifs is 1. The van der Waals surface area contributed by atoms with E-state index >= 15 is 0 Å². The minimum atomic E-state index is -0.386. The Morgan fingerprint density at radius 1 is 1.24 bits per heavy atom. The van der Waals surface area contributed by atoms with E-state index in [2.05, 4.69) is 45.7 Å². The molecule has 1 amide bonds. The number of rotatable bonds is 8. The molecular weight excluding hydrogens is 406 g/mol. The summed E-state index contributed by atoms with van der Waals surface area (Å²) in [5.74, 6) is 1.46. The monoisotopic (exact) mass is 451 g/mol. The SMILES string of the molecule is C=C1CC[C@H]2C(C)(C)CCC[C@@]2(C)[C@H]1CC/C(C)=C/CC[C@H](C)OC(=O)Nc1ccccc1. The van der Waals surface area contributed by atoms with Gasteiger partial charge >= 0.3 is 6.09 Å². The first-order chi connectivity index (χ1) is 15.6. The number of amides is 1. The van der Waals surface area contributed by atoms with Crippen LogP contribution in [0.4, 0.5) is 10.5 Å². The van der Waals surface area contributed by atoms with Crippen LogP contribution in [0.5, 0.6) is 0 Å². The van der Waals surface area contributed by atoms with E-state index in [1.54, 1.807) is 0 Å². The lowest BCUT2D eigenvalue weighted by atomic mass is 9.47. The van der Waals surface area contributed by atoms with Crippen molar-refractivity contribution >= 4 is 11.8 Å². The van der Waals surface area contributed by atoms with Gasteiger partial charge in [0.2, 0.25) is 0 Å². The Labute approximate surface area is 202 Å². The molecule has 182 valence electrons. The molecule has 2 aliphatic rings. The molecule has 0 aromatic heterocycles. The van der Waals surface area contributed by atoms with Crippen LogP contribution in [0.2, 0.25) is 0 Å². The molecule has 3 heteroatoms. The second-order valence-electron chi connectivity index (χ2n) is 11.5. The number of nitrogens with one attached hydrogen (secondary N) is 1. The molecule has 2 saturated carbocycles. The molecule has 1 aromatic carbocycles. The van der Waals surface area contributed by atoms with E-state index in [0.717, 1.165) is 30.9 Å². The highest BCUT2D eigenvalue weighted by molar-refractivity contribution is 5.84. The molecule has 1 N–H and O–H groups in total. The van der Waals surface area contributed by atoms with Crippen molar-refractivity contribution in [3.8, 4) is 0 Å². The standard InChI is InChI=1S/C30H45NO2/c1-22(12-10-13-24(3)33-28(32)31-25-14-8-7-9-15-25)16-18-26-23(2)17-19-27-29(4,5)20-11-21-30(26,27)6/h7-9,12,14-15,24,26-27H,2,10-11,13,16-21H2,1,3-6H3,(H,31,32)/b22-12+/t24-,26-,27-,30-/m0/s1. The van der Waals surface area contributed by atoms with Gasteiger partial charge in [0.05, 0.1) is 0 Å². The number of hydrogen-bond donors (Lipinski definition) is 1. The van der Waals surface area contributed by atoms with Gasteiger partial charge in [-0.2, -0.15) is 0 Å². The first-order valence-electron chi connectivity index (χ1n) is 13.0. The van der Waals surface area contributed by atoms with Gasteiger partial charge in [-0.05, 0) is 100 Å². The Kier molecular flexibility index (Phi) is 8.48. The fourth-order valence-corrected chi connectivity index (χ4v) is 6.76. The summed E-state index contributed by atoms with van der Waals surface area (Å²) < 4.78 is 5.51. The molecule has 3 rings (SSSR count). The van der Waals surface area contributed by atoms with Gasteiger partial charge in [0.15, 0.2) is 0 Å². The summed E-state index contributed by atoms with van der Waals surface area (Å²) in [6, 6.07) is 9.42. The lowest BCUT2D eigenvalue weighted by Crippen LogP contribution is -2.49. The molecule has 0 saturated heterocycles. The van der Waals surface area contributed by atoms with Crippen LogP contribution in [0.3, 0.4) is 0 Å². The van der Waals surface area contributed by atoms with Crippen LogP contribution in [0.1, 0.15) is 92.4 Å². The number of allylic oxidation sites excluding steroid dienone is 3. The normalized spacial score (nSPS) is 28.0. The maximum atomic E-state index is 12.1. The fraction of sp³-hybridized carbons (Fsp3) is 0.633. The summed E-state index contributed by atoms with van der Waals surface area (Å²) in [6.07, 6.45) is 12.6. The zero-order valence-electron chi connectivity index (χ0n) is 21.6. The van der Waals surface area contributed by atoms with Crippen LogP contribution in [-0.2, 0) is 4.74 Å². The van der Waals surface area contributed by atoms with Gasteiger partial charge in [0.25, 0.3) is 0 Å². The number of para-hydroxylation sites is 1. The molecule has 0 unspecified atom stereocenters. The summed E-state index contributed by atoms with van der Waals surface area (Å²) in [5, 5.41) is 2.78. The minimum Gasteiger partial charge on any atom is -0.446 e. The number of ether oxygens (including phenoxy) is 1. The van der Waals surface area contributed by atoms with Crippen molar-refractivity contribution in [1.82, 2.24) is 0 Å². The smallest absolute Gasteiger partial charge is 0.411 e. The number of anilines is 1. The van der Waals surface area contributed by atoms with Gasteiger partial charge in [0.1, 0.15) is 6.10 Å². The Morgan fingerprint density at radius 2 is 1.97 bits per heavy atom. The topological polar surface area (TPSA) is 38.3 Å². The molecule has 2 aliphatic carbocycles. The van der Waals surface area contributed by atoms with E-state index in [1.807, 2.05) is 37.3 Å². The molecule has 0 heterocycles. The Balaban J connectivity index is 1.45. The number of hydrogen-bond acceptors (Lipinski definition) is 2. The van der Waals surface area contributed by atoms with Gasteiger partial charge in [-0.3, -0.25) is 5.32 Å². The molecule has 0 bridgehead atoms. The van der Waals surface area contributed by atoms with E-state index in [9.17, 15) is 4.79 Å². The van der Waals surface area contributed by atoms with Crippen LogP contribution in [0.25, 0.3) is 0 Å². The zero-order chi connectivity index (χ0) is 24.1. The second kappa shape index (κ2) is 10.9. The molecule has 4 atom stereocenters. The highest BCUT2D eigenvalue weighted by Gasteiger charge is 2.52. The van der Waals surface area contributed by atoms with Crippen LogP contribution in [0.15, 0.2) is 54.1 Å². The van der Waals surface area contributed by atoms with Crippen molar-refractivity contribution in [2.45, 2.75) is 98.5 Å². The molecule has 3 nitrogen and oxygen atoms in total. The van der Waals surface area contributed by atoms with E-state index < -0.39 is 0 Å². The lowest BCUT2D eigenvalue weighted by molar-refractivity contribution is -0.0539. The van der Waals surface area contributed by atoms with Gasteiger partial charge in [-0.1, -0.05) is 69.2 Å². The van der Waals surface area contributed by atoms with E-state index in [-0.39, 0.29) is 12.2 Å². The Hall–Kier alpha value is -2.03. The van der Waals surface area contributed by atoms with Gasteiger partial charge in [-0.25, -0.2) is 4.79 Å². The third kappa shape index (κ3) is 6.52. The van der Waals surface area contributed by atoms with E-state index in [0.29, 0.717) is 16.7 Å². The van der Waals surface area contributed by atoms with Crippen molar-refractivity contribution in [2.75, 3.05) is 5.32 Å². The highest BCUT2D eigenvalue weighted by atomic mass is 16.6. The van der Waals surface area contributed by atoms with Gasteiger partial charge in [0, 0.05) is 5.69 Å². The van der Waals surface area contributed by atoms with E-state index in [4.69, 9.17) is 4.74 Å². The first-order valence-corrected chi connectivity index (χ1v) is 13.0. The molecular formula is C30H45NO2. The maximum absolute atomic E-state index is 12.1. The Morgan fingerprint density at radius 3 is 2.70 bits per heavy atom. The third-order valence-corrected chi connectivity index (χ3v) is 8.54. The quantitative estimate of drug-likeness (QED) is 0.401. The predicted octanol–water partition coefficient (Wildman–Crippen LogP) is 8.93. The molecule has 1 aromatic rings. The number of benzene rings is 1. The zero-order valence-corrected chi connectivity index (χ0v) is 21.6. The lowest BCUT2D eigenvalue weighted by Gasteiger charge is -2.58.